The maximum atomic E-state index is 13.0. The molecule has 1 heterocycles. The third-order valence-corrected chi connectivity index (χ3v) is 4.95. The second-order valence-electron chi connectivity index (χ2n) is 7.25. The Morgan fingerprint density at radius 1 is 1.03 bits per heavy atom. The Kier molecular flexibility index (Phi) is 5.72. The van der Waals surface area contributed by atoms with Crippen LogP contribution in [0.1, 0.15) is 21.5 Å². The lowest BCUT2D eigenvalue weighted by Gasteiger charge is -2.10. The van der Waals surface area contributed by atoms with Crippen molar-refractivity contribution in [2.45, 2.75) is 6.92 Å². The number of nitrogens with one attached hydrogen (secondary N) is 1. The van der Waals surface area contributed by atoms with Gasteiger partial charge < -0.3 is 14.9 Å². The Hall–Kier alpha value is -4.39. The molecule has 0 aliphatic heterocycles. The number of aromatic hydroxyl groups is 2. The van der Waals surface area contributed by atoms with Crippen LogP contribution < -0.4 is 10.2 Å². The first-order chi connectivity index (χ1) is 15.4. The second kappa shape index (κ2) is 8.77. The smallest absolute Gasteiger partial charge is 0.272 e. The summed E-state index contributed by atoms with van der Waals surface area (Å²) in [5.74, 6) is -0.193. The number of rotatable bonds is 5. The van der Waals surface area contributed by atoms with Gasteiger partial charge in [-0.1, -0.05) is 23.8 Å². The molecule has 1 amide bonds. The highest BCUT2D eigenvalue weighted by Gasteiger charge is 2.14. The van der Waals surface area contributed by atoms with Crippen LogP contribution in [0.2, 0.25) is 0 Å². The number of carbonyl (C=O) groups excluding carboxylic acids is 1. The minimum absolute atomic E-state index is 0.227. The van der Waals surface area contributed by atoms with Crippen molar-refractivity contribution in [2.75, 3.05) is 7.11 Å². The van der Waals surface area contributed by atoms with Crippen molar-refractivity contribution in [1.82, 2.24) is 10.4 Å². The number of hydrogen-bond acceptors (Lipinski definition) is 6. The number of hydrogen-bond donors (Lipinski definition) is 3. The third kappa shape index (κ3) is 4.37. The summed E-state index contributed by atoms with van der Waals surface area (Å²) >= 11 is 0. The summed E-state index contributed by atoms with van der Waals surface area (Å²) in [4.78, 5) is 17.7. The number of phenols is 2. The van der Waals surface area contributed by atoms with Gasteiger partial charge in [0.15, 0.2) is 11.5 Å². The molecule has 0 fully saturated rings. The zero-order valence-corrected chi connectivity index (χ0v) is 17.5. The van der Waals surface area contributed by atoms with E-state index in [1.807, 2.05) is 49.4 Å². The standard InChI is InChI=1S/C25H21N3O4/c1-15-6-8-21-19(10-15)20(13-22(27-21)17-4-3-5-18(12-17)32-2)25(31)28-26-14-16-7-9-23(29)24(30)11-16/h3-14,29-30H,1-2H3,(H,28,31)/b26-14+. The van der Waals surface area contributed by atoms with Crippen molar-refractivity contribution in [3.05, 3.63) is 83.4 Å². The van der Waals surface area contributed by atoms with Gasteiger partial charge in [-0.25, -0.2) is 10.4 Å². The van der Waals surface area contributed by atoms with Crippen molar-refractivity contribution in [2.24, 2.45) is 5.10 Å². The van der Waals surface area contributed by atoms with Crippen LogP contribution in [-0.2, 0) is 0 Å². The molecule has 0 aliphatic rings. The number of fused-ring (bicyclic) bond motifs is 1. The van der Waals surface area contributed by atoms with E-state index in [0.29, 0.717) is 33.5 Å². The van der Waals surface area contributed by atoms with E-state index < -0.39 is 5.91 Å². The van der Waals surface area contributed by atoms with Gasteiger partial charge in [0.05, 0.1) is 30.1 Å². The predicted octanol–water partition coefficient (Wildman–Crippen LogP) is 4.39. The van der Waals surface area contributed by atoms with Crippen LogP contribution in [0.3, 0.4) is 0 Å². The molecule has 0 spiro atoms. The molecule has 0 atom stereocenters. The number of aryl methyl sites for hydroxylation is 1. The van der Waals surface area contributed by atoms with Crippen LogP contribution in [0, 0.1) is 6.92 Å². The molecule has 0 saturated carbocycles. The summed E-state index contributed by atoms with van der Waals surface area (Å²) in [5.41, 5.74) is 6.64. The van der Waals surface area contributed by atoms with Gasteiger partial charge in [0.25, 0.3) is 5.91 Å². The molecule has 0 aliphatic carbocycles. The van der Waals surface area contributed by atoms with Crippen LogP contribution in [0.4, 0.5) is 0 Å². The van der Waals surface area contributed by atoms with E-state index >= 15 is 0 Å². The SMILES string of the molecule is COc1cccc(-c2cc(C(=O)N/N=C/c3ccc(O)c(O)c3)c3cc(C)ccc3n2)c1. The molecule has 3 aromatic carbocycles. The molecule has 1 aromatic heterocycles. The van der Waals surface area contributed by atoms with Crippen LogP contribution in [0.15, 0.2) is 71.8 Å². The highest BCUT2D eigenvalue weighted by molar-refractivity contribution is 6.07. The molecule has 0 radical (unpaired) electrons. The molecule has 7 heteroatoms. The lowest BCUT2D eigenvalue weighted by atomic mass is 10.0. The molecule has 0 bridgehead atoms. The number of carbonyl (C=O) groups is 1. The number of ether oxygens (including phenoxy) is 1. The number of amides is 1. The molecule has 32 heavy (non-hydrogen) atoms. The van der Waals surface area contributed by atoms with Gasteiger partial charge in [-0.3, -0.25) is 4.79 Å². The molecule has 160 valence electrons. The molecule has 0 saturated heterocycles. The summed E-state index contributed by atoms with van der Waals surface area (Å²) in [7, 11) is 1.60. The van der Waals surface area contributed by atoms with Crippen molar-refractivity contribution < 1.29 is 19.7 Å². The van der Waals surface area contributed by atoms with E-state index in [0.717, 1.165) is 11.1 Å². The van der Waals surface area contributed by atoms with Crippen LogP contribution >= 0.6 is 0 Å². The largest absolute Gasteiger partial charge is 0.504 e. The van der Waals surface area contributed by atoms with E-state index in [2.05, 4.69) is 10.5 Å². The zero-order valence-electron chi connectivity index (χ0n) is 17.5. The highest BCUT2D eigenvalue weighted by atomic mass is 16.5. The maximum Gasteiger partial charge on any atom is 0.272 e. The Morgan fingerprint density at radius 2 is 1.88 bits per heavy atom. The van der Waals surface area contributed by atoms with Gasteiger partial charge in [-0.05, 0) is 61.0 Å². The van der Waals surface area contributed by atoms with Gasteiger partial charge >= 0.3 is 0 Å². The van der Waals surface area contributed by atoms with Crippen LogP contribution in [0.5, 0.6) is 17.2 Å². The summed E-state index contributed by atoms with van der Waals surface area (Å²) in [6.07, 6.45) is 1.38. The first-order valence-corrected chi connectivity index (χ1v) is 9.86. The summed E-state index contributed by atoms with van der Waals surface area (Å²) in [6.45, 7) is 1.95. The number of pyridine rings is 1. The fraction of sp³-hybridized carbons (Fsp3) is 0.0800. The fourth-order valence-electron chi connectivity index (χ4n) is 3.30. The average Bonchev–Trinajstić information content (AvgIpc) is 2.80. The number of phenolic OH excluding ortho intramolecular Hbond substituents is 2. The zero-order chi connectivity index (χ0) is 22.7. The molecule has 0 unspecified atom stereocenters. The Bertz CT molecular complexity index is 1350. The summed E-state index contributed by atoms with van der Waals surface area (Å²) in [5, 5.41) is 23.7. The molecule has 7 nitrogen and oxygen atoms in total. The molecule has 4 rings (SSSR count). The van der Waals surface area contributed by atoms with Gasteiger partial charge in [0.1, 0.15) is 5.75 Å². The topological polar surface area (TPSA) is 104 Å². The van der Waals surface area contributed by atoms with Crippen molar-refractivity contribution >= 4 is 23.0 Å². The van der Waals surface area contributed by atoms with E-state index in [1.165, 1.54) is 18.3 Å². The van der Waals surface area contributed by atoms with Gasteiger partial charge in [0, 0.05) is 10.9 Å². The molecule has 4 aromatic rings. The minimum Gasteiger partial charge on any atom is -0.504 e. The Morgan fingerprint density at radius 3 is 2.66 bits per heavy atom. The number of nitrogens with zero attached hydrogens (tertiary/aromatic N) is 2. The first kappa shape index (κ1) is 20.9. The molecule has 3 N–H and O–H groups in total. The van der Waals surface area contributed by atoms with E-state index in [4.69, 9.17) is 9.72 Å². The summed E-state index contributed by atoms with van der Waals surface area (Å²) < 4.78 is 5.31. The number of benzene rings is 3. The van der Waals surface area contributed by atoms with Crippen molar-refractivity contribution in [3.63, 3.8) is 0 Å². The van der Waals surface area contributed by atoms with Gasteiger partial charge in [-0.2, -0.15) is 5.10 Å². The minimum atomic E-state index is -0.397. The highest BCUT2D eigenvalue weighted by Crippen LogP contribution is 2.28. The second-order valence-corrected chi connectivity index (χ2v) is 7.25. The van der Waals surface area contributed by atoms with Crippen molar-refractivity contribution in [1.29, 1.82) is 0 Å². The first-order valence-electron chi connectivity index (χ1n) is 9.86. The van der Waals surface area contributed by atoms with E-state index in [-0.39, 0.29) is 11.5 Å². The van der Waals surface area contributed by atoms with Crippen molar-refractivity contribution in [3.8, 4) is 28.5 Å². The Balaban J connectivity index is 1.70. The summed E-state index contributed by atoms with van der Waals surface area (Å²) in [6, 6.07) is 19.2. The average molecular weight is 427 g/mol. The van der Waals surface area contributed by atoms with Crippen LogP contribution in [0.25, 0.3) is 22.2 Å². The van der Waals surface area contributed by atoms with Crippen LogP contribution in [-0.4, -0.2) is 34.4 Å². The predicted molar refractivity (Wildman–Crippen MR) is 123 cm³/mol. The third-order valence-electron chi connectivity index (χ3n) is 4.95. The lowest BCUT2D eigenvalue weighted by Crippen LogP contribution is -2.18. The van der Waals surface area contributed by atoms with Gasteiger partial charge in [-0.15, -0.1) is 0 Å². The fourth-order valence-corrected chi connectivity index (χ4v) is 3.30. The maximum absolute atomic E-state index is 13.0. The number of aromatic nitrogens is 1. The monoisotopic (exact) mass is 427 g/mol. The normalized spacial score (nSPS) is 11.1. The van der Waals surface area contributed by atoms with E-state index in [1.54, 1.807) is 19.2 Å². The Labute approximate surface area is 184 Å². The van der Waals surface area contributed by atoms with Gasteiger partial charge in [0.2, 0.25) is 0 Å². The quantitative estimate of drug-likeness (QED) is 0.249. The number of hydrazone groups is 1. The lowest BCUT2D eigenvalue weighted by molar-refractivity contribution is 0.0956. The van der Waals surface area contributed by atoms with E-state index in [9.17, 15) is 15.0 Å². The molecular weight excluding hydrogens is 406 g/mol. The molecular formula is C25H21N3O4. The number of methoxy groups -OCH3 is 1.